The lowest BCUT2D eigenvalue weighted by Crippen LogP contribution is -2.12. The van der Waals surface area contributed by atoms with Crippen LogP contribution < -0.4 is 16.4 Å². The highest BCUT2D eigenvalue weighted by Crippen LogP contribution is 2.29. The van der Waals surface area contributed by atoms with Gasteiger partial charge in [0.2, 0.25) is 0 Å². The standard InChI is InChI=1S/C12H12Br2N4OS/c1-2-16-12-18-10(15)9(20-12)11(19)17-8-5-6(13)3-4-7(8)14/h3-5H,2,15H2,1H3,(H,16,18)(H,17,19). The summed E-state index contributed by atoms with van der Waals surface area (Å²) in [4.78, 5) is 16.7. The van der Waals surface area contributed by atoms with E-state index in [0.717, 1.165) is 15.5 Å². The average Bonchev–Trinajstić information content (AvgIpc) is 2.75. The van der Waals surface area contributed by atoms with Crippen LogP contribution in [0.3, 0.4) is 0 Å². The lowest BCUT2D eigenvalue weighted by molar-refractivity contribution is 0.103. The maximum atomic E-state index is 12.2. The van der Waals surface area contributed by atoms with Crippen molar-refractivity contribution in [2.24, 2.45) is 0 Å². The highest BCUT2D eigenvalue weighted by atomic mass is 79.9. The summed E-state index contributed by atoms with van der Waals surface area (Å²) in [5, 5.41) is 6.49. The van der Waals surface area contributed by atoms with Gasteiger partial charge in [0, 0.05) is 15.5 Å². The summed E-state index contributed by atoms with van der Waals surface area (Å²) in [6, 6.07) is 5.54. The normalized spacial score (nSPS) is 10.3. The number of nitrogen functional groups attached to an aromatic ring is 1. The van der Waals surface area contributed by atoms with Crippen molar-refractivity contribution in [3.8, 4) is 0 Å². The molecule has 0 aliphatic heterocycles. The second kappa shape index (κ2) is 6.55. The Kier molecular flexibility index (Phi) is 5.00. The number of hydrogen-bond donors (Lipinski definition) is 3. The van der Waals surface area contributed by atoms with Crippen molar-refractivity contribution < 1.29 is 4.79 Å². The van der Waals surface area contributed by atoms with Crippen LogP contribution in [0.2, 0.25) is 0 Å². The van der Waals surface area contributed by atoms with Crippen LogP contribution in [0.5, 0.6) is 0 Å². The van der Waals surface area contributed by atoms with Gasteiger partial charge in [-0.05, 0) is 41.1 Å². The maximum Gasteiger partial charge on any atom is 0.269 e. The lowest BCUT2D eigenvalue weighted by Gasteiger charge is -2.06. The molecule has 0 radical (unpaired) electrons. The van der Waals surface area contributed by atoms with E-state index in [0.29, 0.717) is 15.7 Å². The molecular weight excluding hydrogens is 408 g/mol. The van der Waals surface area contributed by atoms with Crippen molar-refractivity contribution in [3.63, 3.8) is 0 Å². The number of anilines is 3. The van der Waals surface area contributed by atoms with Crippen LogP contribution in [0.1, 0.15) is 16.6 Å². The zero-order valence-electron chi connectivity index (χ0n) is 10.5. The highest BCUT2D eigenvalue weighted by Gasteiger charge is 2.17. The minimum atomic E-state index is -0.275. The predicted octanol–water partition coefficient (Wildman–Crippen LogP) is 3.93. The number of aromatic nitrogens is 1. The minimum absolute atomic E-state index is 0.231. The molecule has 0 fully saturated rings. The van der Waals surface area contributed by atoms with Gasteiger partial charge in [-0.25, -0.2) is 4.98 Å². The molecular formula is C12H12Br2N4OS. The minimum Gasteiger partial charge on any atom is -0.382 e. The molecule has 106 valence electrons. The van der Waals surface area contributed by atoms with Gasteiger partial charge in [-0.3, -0.25) is 4.79 Å². The molecule has 0 atom stereocenters. The molecule has 4 N–H and O–H groups in total. The summed E-state index contributed by atoms with van der Waals surface area (Å²) < 4.78 is 1.67. The van der Waals surface area contributed by atoms with Gasteiger partial charge in [-0.15, -0.1) is 0 Å². The Labute approximate surface area is 137 Å². The van der Waals surface area contributed by atoms with E-state index in [4.69, 9.17) is 5.73 Å². The number of nitrogens with two attached hydrogens (primary N) is 1. The first-order valence-electron chi connectivity index (χ1n) is 5.77. The summed E-state index contributed by atoms with van der Waals surface area (Å²) in [6.07, 6.45) is 0. The molecule has 0 unspecified atom stereocenters. The number of nitrogens with one attached hydrogen (secondary N) is 2. The number of halogens is 2. The lowest BCUT2D eigenvalue weighted by atomic mass is 10.3. The van der Waals surface area contributed by atoms with E-state index in [2.05, 4.69) is 47.5 Å². The largest absolute Gasteiger partial charge is 0.382 e. The third-order valence-electron chi connectivity index (χ3n) is 2.36. The molecule has 20 heavy (non-hydrogen) atoms. The average molecular weight is 420 g/mol. The summed E-state index contributed by atoms with van der Waals surface area (Å²) in [5.41, 5.74) is 6.44. The van der Waals surface area contributed by atoms with Gasteiger partial charge in [0.15, 0.2) is 5.13 Å². The van der Waals surface area contributed by atoms with Crippen LogP contribution in [-0.4, -0.2) is 17.4 Å². The Morgan fingerprint density at radius 2 is 2.20 bits per heavy atom. The molecule has 0 aliphatic carbocycles. The smallest absolute Gasteiger partial charge is 0.269 e. The van der Waals surface area contributed by atoms with Crippen molar-refractivity contribution in [1.82, 2.24) is 4.98 Å². The van der Waals surface area contributed by atoms with E-state index >= 15 is 0 Å². The zero-order valence-corrected chi connectivity index (χ0v) is 14.5. The number of thiazole rings is 1. The molecule has 1 aromatic heterocycles. The predicted molar refractivity (Wildman–Crippen MR) is 90.5 cm³/mol. The van der Waals surface area contributed by atoms with E-state index in [1.807, 2.05) is 25.1 Å². The zero-order chi connectivity index (χ0) is 14.7. The molecule has 5 nitrogen and oxygen atoms in total. The number of benzene rings is 1. The Bertz CT molecular complexity index is 644. The van der Waals surface area contributed by atoms with E-state index in [9.17, 15) is 4.79 Å². The Hall–Kier alpha value is -1.12. The summed E-state index contributed by atoms with van der Waals surface area (Å²) >= 11 is 7.99. The van der Waals surface area contributed by atoms with Gasteiger partial charge in [0.1, 0.15) is 10.7 Å². The second-order valence-corrected chi connectivity index (χ2v) is 6.61. The number of hydrogen-bond acceptors (Lipinski definition) is 5. The molecule has 0 saturated heterocycles. The van der Waals surface area contributed by atoms with E-state index < -0.39 is 0 Å². The van der Waals surface area contributed by atoms with Crippen LogP contribution in [0, 0.1) is 0 Å². The molecule has 2 aromatic rings. The molecule has 1 heterocycles. The number of nitrogens with zero attached hydrogens (tertiary/aromatic N) is 1. The van der Waals surface area contributed by atoms with Gasteiger partial charge in [0.05, 0.1) is 5.69 Å². The van der Waals surface area contributed by atoms with Crippen LogP contribution in [0.4, 0.5) is 16.6 Å². The molecule has 2 rings (SSSR count). The van der Waals surface area contributed by atoms with Gasteiger partial charge >= 0.3 is 0 Å². The van der Waals surface area contributed by atoms with Crippen LogP contribution in [0.25, 0.3) is 0 Å². The first kappa shape index (κ1) is 15.3. The first-order valence-corrected chi connectivity index (χ1v) is 8.18. The van der Waals surface area contributed by atoms with Gasteiger partial charge in [-0.1, -0.05) is 27.3 Å². The van der Waals surface area contributed by atoms with Crippen molar-refractivity contribution in [2.45, 2.75) is 6.92 Å². The van der Waals surface area contributed by atoms with E-state index in [-0.39, 0.29) is 11.7 Å². The van der Waals surface area contributed by atoms with Gasteiger partial charge in [-0.2, -0.15) is 0 Å². The summed E-state index contributed by atoms with van der Waals surface area (Å²) in [7, 11) is 0. The summed E-state index contributed by atoms with van der Waals surface area (Å²) in [6.45, 7) is 2.68. The molecule has 1 amide bonds. The second-order valence-electron chi connectivity index (χ2n) is 3.84. The SMILES string of the molecule is CCNc1nc(N)c(C(=O)Nc2cc(Br)ccc2Br)s1. The third kappa shape index (κ3) is 3.50. The fourth-order valence-corrected chi connectivity index (χ4v) is 3.05. The fourth-order valence-electron chi connectivity index (χ4n) is 1.49. The van der Waals surface area contributed by atoms with Crippen molar-refractivity contribution in [3.05, 3.63) is 32.0 Å². The Balaban J connectivity index is 2.21. The first-order chi connectivity index (χ1) is 9.51. The Morgan fingerprint density at radius 3 is 2.90 bits per heavy atom. The quantitative estimate of drug-likeness (QED) is 0.701. The van der Waals surface area contributed by atoms with Crippen molar-refractivity contribution in [1.29, 1.82) is 0 Å². The molecule has 1 aromatic carbocycles. The highest BCUT2D eigenvalue weighted by molar-refractivity contribution is 9.11. The van der Waals surface area contributed by atoms with Crippen LogP contribution in [0.15, 0.2) is 27.1 Å². The molecule has 0 spiro atoms. The van der Waals surface area contributed by atoms with Crippen LogP contribution >= 0.6 is 43.2 Å². The van der Waals surface area contributed by atoms with Gasteiger partial charge < -0.3 is 16.4 Å². The third-order valence-corrected chi connectivity index (χ3v) is 4.58. The van der Waals surface area contributed by atoms with E-state index in [1.165, 1.54) is 11.3 Å². The number of carbonyl (C=O) groups is 1. The maximum absolute atomic E-state index is 12.2. The Morgan fingerprint density at radius 1 is 1.45 bits per heavy atom. The number of amides is 1. The molecule has 0 bridgehead atoms. The topological polar surface area (TPSA) is 80.0 Å². The number of carbonyl (C=O) groups excluding carboxylic acids is 1. The van der Waals surface area contributed by atoms with Crippen molar-refractivity contribution >= 4 is 65.7 Å². The monoisotopic (exact) mass is 418 g/mol. The molecule has 8 heteroatoms. The summed E-state index contributed by atoms with van der Waals surface area (Å²) in [5.74, 6) is -0.0440. The van der Waals surface area contributed by atoms with Gasteiger partial charge in [0.25, 0.3) is 5.91 Å². The fraction of sp³-hybridized carbons (Fsp3) is 0.167. The molecule has 0 aliphatic rings. The van der Waals surface area contributed by atoms with E-state index in [1.54, 1.807) is 0 Å². The van der Waals surface area contributed by atoms with Crippen molar-refractivity contribution in [2.75, 3.05) is 22.9 Å². The van der Waals surface area contributed by atoms with Crippen LogP contribution in [-0.2, 0) is 0 Å². The number of rotatable bonds is 4. The molecule has 0 saturated carbocycles.